The average Bonchev–Trinajstić information content (AvgIpc) is 2.39. The number of rotatable bonds is 1. The van der Waals surface area contributed by atoms with Crippen LogP contribution in [0.4, 0.5) is 0 Å². The fourth-order valence-electron chi connectivity index (χ4n) is 1.91. The van der Waals surface area contributed by atoms with Gasteiger partial charge in [-0.05, 0) is 17.2 Å². The lowest BCUT2D eigenvalue weighted by molar-refractivity contribution is 0.262. The van der Waals surface area contributed by atoms with Crippen LogP contribution in [-0.2, 0) is 11.3 Å². The Labute approximate surface area is 95.0 Å². The first-order valence-corrected chi connectivity index (χ1v) is 5.41. The maximum absolute atomic E-state index is 5.75. The van der Waals surface area contributed by atoms with Gasteiger partial charge in [0.2, 0.25) is 0 Å². The molecule has 2 aromatic rings. The molecule has 78 valence electrons. The second kappa shape index (κ2) is 3.86. The maximum atomic E-state index is 5.75. The highest BCUT2D eigenvalue weighted by Gasteiger charge is 2.11. The highest BCUT2D eigenvalue weighted by molar-refractivity contribution is 5.79. The average molecular weight is 208 g/mol. The standard InChI is InChI=1S/C15H12O/c1-2-6-12(7-3-1)15-10-13-8-4-5-9-14(13)11-16-15/h1-10H,11H2. The van der Waals surface area contributed by atoms with Gasteiger partial charge in [0.25, 0.3) is 0 Å². The summed E-state index contributed by atoms with van der Waals surface area (Å²) in [6.45, 7) is 0.664. The molecule has 0 amide bonds. The van der Waals surface area contributed by atoms with Crippen LogP contribution >= 0.6 is 0 Å². The van der Waals surface area contributed by atoms with Gasteiger partial charge in [-0.1, -0.05) is 54.6 Å². The monoisotopic (exact) mass is 208 g/mol. The maximum Gasteiger partial charge on any atom is 0.127 e. The molecule has 1 aliphatic rings. The highest BCUT2D eigenvalue weighted by atomic mass is 16.5. The number of hydrogen-bond acceptors (Lipinski definition) is 1. The van der Waals surface area contributed by atoms with Crippen LogP contribution in [0.3, 0.4) is 0 Å². The zero-order valence-corrected chi connectivity index (χ0v) is 8.89. The van der Waals surface area contributed by atoms with E-state index in [2.05, 4.69) is 36.4 Å². The molecule has 0 saturated heterocycles. The Bertz CT molecular complexity index is 526. The zero-order chi connectivity index (χ0) is 10.8. The summed E-state index contributed by atoms with van der Waals surface area (Å²) in [4.78, 5) is 0. The molecule has 3 rings (SSSR count). The molecule has 0 aliphatic carbocycles. The summed E-state index contributed by atoms with van der Waals surface area (Å²) in [6, 6.07) is 18.5. The summed E-state index contributed by atoms with van der Waals surface area (Å²) in [5, 5.41) is 0. The molecule has 0 fully saturated rings. The minimum Gasteiger partial charge on any atom is -0.488 e. The lowest BCUT2D eigenvalue weighted by atomic mass is 10.0. The van der Waals surface area contributed by atoms with Gasteiger partial charge >= 0.3 is 0 Å². The summed E-state index contributed by atoms with van der Waals surface area (Å²) in [6.07, 6.45) is 2.11. The van der Waals surface area contributed by atoms with E-state index in [0.29, 0.717) is 6.61 Å². The van der Waals surface area contributed by atoms with E-state index >= 15 is 0 Å². The smallest absolute Gasteiger partial charge is 0.127 e. The van der Waals surface area contributed by atoms with Gasteiger partial charge in [-0.2, -0.15) is 0 Å². The molecular formula is C15H12O. The molecule has 0 bridgehead atoms. The van der Waals surface area contributed by atoms with Crippen LogP contribution in [0.15, 0.2) is 54.6 Å². The van der Waals surface area contributed by atoms with Gasteiger partial charge < -0.3 is 4.74 Å². The molecule has 1 nitrogen and oxygen atoms in total. The van der Waals surface area contributed by atoms with Crippen LogP contribution in [-0.4, -0.2) is 0 Å². The van der Waals surface area contributed by atoms with Gasteiger partial charge in [0.1, 0.15) is 12.4 Å². The van der Waals surface area contributed by atoms with E-state index < -0.39 is 0 Å². The molecule has 1 heterocycles. The second-order valence-corrected chi connectivity index (χ2v) is 3.86. The van der Waals surface area contributed by atoms with E-state index in [1.54, 1.807) is 0 Å². The second-order valence-electron chi connectivity index (χ2n) is 3.86. The Morgan fingerprint density at radius 3 is 2.44 bits per heavy atom. The normalized spacial score (nSPS) is 13.6. The predicted octanol–water partition coefficient (Wildman–Crippen LogP) is 3.71. The molecule has 2 aromatic carbocycles. The third-order valence-electron chi connectivity index (χ3n) is 2.78. The summed E-state index contributed by atoms with van der Waals surface area (Å²) in [7, 11) is 0. The van der Waals surface area contributed by atoms with E-state index in [1.165, 1.54) is 11.1 Å². The molecule has 0 unspecified atom stereocenters. The molecule has 0 saturated carbocycles. The quantitative estimate of drug-likeness (QED) is 0.694. The topological polar surface area (TPSA) is 9.23 Å². The van der Waals surface area contributed by atoms with Crippen LogP contribution in [0, 0.1) is 0 Å². The van der Waals surface area contributed by atoms with E-state index in [9.17, 15) is 0 Å². The fourth-order valence-corrected chi connectivity index (χ4v) is 1.91. The Morgan fingerprint density at radius 2 is 1.56 bits per heavy atom. The first kappa shape index (κ1) is 9.22. The Kier molecular flexibility index (Phi) is 2.22. The largest absolute Gasteiger partial charge is 0.488 e. The predicted molar refractivity (Wildman–Crippen MR) is 65.5 cm³/mol. The van der Waals surface area contributed by atoms with Crippen molar-refractivity contribution < 1.29 is 4.74 Å². The van der Waals surface area contributed by atoms with E-state index in [0.717, 1.165) is 11.3 Å². The van der Waals surface area contributed by atoms with Crippen molar-refractivity contribution in [2.45, 2.75) is 6.61 Å². The molecule has 1 heteroatoms. The third kappa shape index (κ3) is 1.61. The number of ether oxygens (including phenoxy) is 1. The van der Waals surface area contributed by atoms with E-state index in [4.69, 9.17) is 4.74 Å². The van der Waals surface area contributed by atoms with Crippen molar-refractivity contribution in [2.24, 2.45) is 0 Å². The van der Waals surface area contributed by atoms with Crippen LogP contribution in [0.25, 0.3) is 11.8 Å². The minimum absolute atomic E-state index is 0.664. The van der Waals surface area contributed by atoms with Crippen LogP contribution < -0.4 is 0 Å². The molecule has 0 radical (unpaired) electrons. The van der Waals surface area contributed by atoms with Gasteiger partial charge in [0.05, 0.1) is 0 Å². The van der Waals surface area contributed by atoms with Gasteiger partial charge in [-0.25, -0.2) is 0 Å². The number of hydrogen-bond donors (Lipinski definition) is 0. The molecule has 0 spiro atoms. The number of fused-ring (bicyclic) bond motifs is 1. The molecule has 1 aliphatic heterocycles. The highest BCUT2D eigenvalue weighted by Crippen LogP contribution is 2.27. The summed E-state index contributed by atoms with van der Waals surface area (Å²) in [5.41, 5.74) is 3.65. The first-order chi connectivity index (χ1) is 7.93. The Hall–Kier alpha value is -2.02. The molecular weight excluding hydrogens is 196 g/mol. The SMILES string of the molecule is C1=C(c2ccccc2)OCc2ccccc21. The minimum atomic E-state index is 0.664. The first-order valence-electron chi connectivity index (χ1n) is 5.41. The van der Waals surface area contributed by atoms with Gasteiger partial charge in [-0.15, -0.1) is 0 Å². The van der Waals surface area contributed by atoms with Crippen LogP contribution in [0.2, 0.25) is 0 Å². The Morgan fingerprint density at radius 1 is 0.812 bits per heavy atom. The van der Waals surface area contributed by atoms with Gasteiger partial charge in [0, 0.05) is 5.56 Å². The van der Waals surface area contributed by atoms with Crippen molar-refractivity contribution in [1.29, 1.82) is 0 Å². The van der Waals surface area contributed by atoms with Crippen molar-refractivity contribution in [3.8, 4) is 0 Å². The summed E-state index contributed by atoms with van der Waals surface area (Å²) in [5.74, 6) is 0.958. The van der Waals surface area contributed by atoms with Gasteiger partial charge in [0.15, 0.2) is 0 Å². The van der Waals surface area contributed by atoms with Crippen LogP contribution in [0.5, 0.6) is 0 Å². The van der Waals surface area contributed by atoms with Crippen molar-refractivity contribution in [3.63, 3.8) is 0 Å². The molecule has 16 heavy (non-hydrogen) atoms. The summed E-state index contributed by atoms with van der Waals surface area (Å²) < 4.78 is 5.75. The van der Waals surface area contributed by atoms with Crippen molar-refractivity contribution >= 4 is 11.8 Å². The Balaban J connectivity index is 2.04. The molecule has 0 atom stereocenters. The molecule has 0 N–H and O–H groups in total. The van der Waals surface area contributed by atoms with E-state index in [-0.39, 0.29) is 0 Å². The zero-order valence-electron chi connectivity index (χ0n) is 8.89. The van der Waals surface area contributed by atoms with Crippen LogP contribution in [0.1, 0.15) is 16.7 Å². The van der Waals surface area contributed by atoms with Crippen molar-refractivity contribution in [3.05, 3.63) is 71.3 Å². The lowest BCUT2D eigenvalue weighted by Crippen LogP contribution is -2.01. The van der Waals surface area contributed by atoms with Crippen molar-refractivity contribution in [1.82, 2.24) is 0 Å². The lowest BCUT2D eigenvalue weighted by Gasteiger charge is -2.18. The summed E-state index contributed by atoms with van der Waals surface area (Å²) >= 11 is 0. The number of benzene rings is 2. The van der Waals surface area contributed by atoms with Crippen molar-refractivity contribution in [2.75, 3.05) is 0 Å². The molecule has 0 aromatic heterocycles. The fraction of sp³-hybridized carbons (Fsp3) is 0.0667. The van der Waals surface area contributed by atoms with E-state index in [1.807, 2.05) is 24.3 Å². The third-order valence-corrected chi connectivity index (χ3v) is 2.78. The van der Waals surface area contributed by atoms with Gasteiger partial charge in [-0.3, -0.25) is 0 Å².